The number of aryl methyl sites for hydroxylation is 1. The lowest BCUT2D eigenvalue weighted by Gasteiger charge is -2.24. The van der Waals surface area contributed by atoms with Crippen LogP contribution in [0.15, 0.2) is 6.33 Å². The molecule has 0 unspecified atom stereocenters. The second-order valence-electron chi connectivity index (χ2n) is 6.73. The van der Waals surface area contributed by atoms with Gasteiger partial charge < -0.3 is 11.1 Å². The average molecular weight is 330 g/mol. The molecule has 2 aromatic rings. The van der Waals surface area contributed by atoms with E-state index < -0.39 is 0 Å². The SMILES string of the molecule is NC(=O)C[C@H]1CCc2sc3ncnc(NC4CCCCC4)c3c21. The van der Waals surface area contributed by atoms with Crippen molar-refractivity contribution < 1.29 is 4.79 Å². The van der Waals surface area contributed by atoms with Gasteiger partial charge in [0.15, 0.2) is 0 Å². The van der Waals surface area contributed by atoms with Crippen LogP contribution in [-0.4, -0.2) is 21.9 Å². The minimum absolute atomic E-state index is 0.221. The normalized spacial score (nSPS) is 21.5. The van der Waals surface area contributed by atoms with Gasteiger partial charge in [0, 0.05) is 17.3 Å². The molecular formula is C17H22N4OS. The lowest BCUT2D eigenvalue weighted by molar-refractivity contribution is -0.118. The first kappa shape index (κ1) is 14.9. The summed E-state index contributed by atoms with van der Waals surface area (Å²) in [7, 11) is 0. The van der Waals surface area contributed by atoms with E-state index in [0.717, 1.165) is 28.9 Å². The first-order valence-corrected chi connectivity index (χ1v) is 9.35. The van der Waals surface area contributed by atoms with Gasteiger partial charge in [0.05, 0.1) is 5.39 Å². The topological polar surface area (TPSA) is 80.9 Å². The first-order valence-electron chi connectivity index (χ1n) is 8.53. The number of nitrogens with one attached hydrogen (secondary N) is 1. The van der Waals surface area contributed by atoms with E-state index in [1.807, 2.05) is 0 Å². The Morgan fingerprint density at radius 2 is 2.09 bits per heavy atom. The monoisotopic (exact) mass is 330 g/mol. The number of carbonyl (C=O) groups is 1. The number of anilines is 1. The van der Waals surface area contributed by atoms with E-state index in [0.29, 0.717) is 12.5 Å². The Bertz CT molecular complexity index is 736. The fourth-order valence-electron chi connectivity index (χ4n) is 4.06. The van der Waals surface area contributed by atoms with E-state index in [1.54, 1.807) is 17.7 Å². The molecule has 23 heavy (non-hydrogen) atoms. The van der Waals surface area contributed by atoms with Gasteiger partial charge >= 0.3 is 0 Å². The highest BCUT2D eigenvalue weighted by Crippen LogP contribution is 2.46. The number of primary amides is 1. The number of nitrogens with zero attached hydrogens (tertiary/aromatic N) is 2. The zero-order chi connectivity index (χ0) is 15.8. The molecule has 6 heteroatoms. The van der Waals surface area contributed by atoms with Crippen LogP contribution in [0.5, 0.6) is 0 Å². The van der Waals surface area contributed by atoms with Gasteiger partial charge in [-0.2, -0.15) is 0 Å². The average Bonchev–Trinajstić information content (AvgIpc) is 3.08. The zero-order valence-corrected chi connectivity index (χ0v) is 14.0. The van der Waals surface area contributed by atoms with E-state index in [2.05, 4.69) is 15.3 Å². The van der Waals surface area contributed by atoms with Crippen LogP contribution in [-0.2, 0) is 11.2 Å². The van der Waals surface area contributed by atoms with Crippen LogP contribution < -0.4 is 11.1 Å². The van der Waals surface area contributed by atoms with Gasteiger partial charge in [-0.25, -0.2) is 9.97 Å². The fraction of sp³-hybridized carbons (Fsp3) is 0.588. The number of hydrogen-bond donors (Lipinski definition) is 2. The van der Waals surface area contributed by atoms with Crippen molar-refractivity contribution in [2.45, 2.75) is 63.3 Å². The minimum Gasteiger partial charge on any atom is -0.370 e. The van der Waals surface area contributed by atoms with Crippen molar-refractivity contribution in [3.05, 3.63) is 16.8 Å². The third-order valence-corrected chi connectivity index (χ3v) is 6.30. The van der Waals surface area contributed by atoms with Gasteiger partial charge in [-0.1, -0.05) is 19.3 Å². The maximum atomic E-state index is 11.4. The predicted octanol–water partition coefficient (Wildman–Crippen LogP) is 3.34. The largest absolute Gasteiger partial charge is 0.370 e. The molecule has 0 saturated heterocycles. The molecule has 0 aliphatic heterocycles. The predicted molar refractivity (Wildman–Crippen MR) is 92.8 cm³/mol. The van der Waals surface area contributed by atoms with E-state index in [4.69, 9.17) is 5.73 Å². The van der Waals surface area contributed by atoms with Gasteiger partial charge in [0.25, 0.3) is 0 Å². The minimum atomic E-state index is -0.221. The molecule has 3 N–H and O–H groups in total. The Labute approximate surface area is 139 Å². The number of thiophene rings is 1. The molecule has 1 atom stereocenters. The van der Waals surface area contributed by atoms with Crippen LogP contribution >= 0.6 is 11.3 Å². The molecule has 2 aliphatic carbocycles. The molecule has 2 aromatic heterocycles. The number of hydrogen-bond acceptors (Lipinski definition) is 5. The zero-order valence-electron chi connectivity index (χ0n) is 13.2. The van der Waals surface area contributed by atoms with Crippen LogP contribution in [0, 0.1) is 0 Å². The van der Waals surface area contributed by atoms with Crippen molar-refractivity contribution in [2.75, 3.05) is 5.32 Å². The van der Waals surface area contributed by atoms with E-state index in [1.165, 1.54) is 42.5 Å². The summed E-state index contributed by atoms with van der Waals surface area (Å²) in [4.78, 5) is 22.8. The summed E-state index contributed by atoms with van der Waals surface area (Å²) >= 11 is 1.75. The van der Waals surface area contributed by atoms with Crippen molar-refractivity contribution in [2.24, 2.45) is 5.73 Å². The number of amides is 1. The van der Waals surface area contributed by atoms with Crippen LogP contribution in [0.1, 0.15) is 61.3 Å². The summed E-state index contributed by atoms with van der Waals surface area (Å²) in [5.74, 6) is 0.964. The quantitative estimate of drug-likeness (QED) is 0.901. The molecule has 0 radical (unpaired) electrons. The standard InChI is InChI=1S/C17H22N4OS/c18-13(22)8-10-6-7-12-14(10)15-16(19-9-20-17(15)23-12)21-11-4-2-1-3-5-11/h9-11H,1-8H2,(H2,18,22)(H,19,20,21)/t10-/m1/s1. The molecule has 1 amide bonds. The van der Waals surface area contributed by atoms with Crippen molar-refractivity contribution in [1.29, 1.82) is 0 Å². The number of fused-ring (bicyclic) bond motifs is 3. The molecule has 0 aromatic carbocycles. The Morgan fingerprint density at radius 1 is 1.26 bits per heavy atom. The Hall–Kier alpha value is -1.69. The summed E-state index contributed by atoms with van der Waals surface area (Å²) in [6, 6.07) is 0.508. The van der Waals surface area contributed by atoms with Crippen LogP contribution in [0.25, 0.3) is 10.2 Å². The smallest absolute Gasteiger partial charge is 0.218 e. The number of nitrogens with two attached hydrogens (primary N) is 1. The second kappa shape index (κ2) is 6.07. The molecule has 1 fully saturated rings. The summed E-state index contributed by atoms with van der Waals surface area (Å²) in [6.07, 6.45) is 10.5. The molecule has 0 bridgehead atoms. The van der Waals surface area contributed by atoms with Gasteiger partial charge in [-0.15, -0.1) is 11.3 Å². The van der Waals surface area contributed by atoms with Crippen molar-refractivity contribution in [3.63, 3.8) is 0 Å². The fourth-order valence-corrected chi connectivity index (χ4v) is 5.31. The molecule has 2 aliphatic rings. The second-order valence-corrected chi connectivity index (χ2v) is 7.81. The summed E-state index contributed by atoms with van der Waals surface area (Å²) in [5, 5.41) is 4.79. The van der Waals surface area contributed by atoms with E-state index >= 15 is 0 Å². The third-order valence-electron chi connectivity index (χ3n) is 5.12. The molecule has 0 spiro atoms. The first-order chi connectivity index (χ1) is 11.2. The lowest BCUT2D eigenvalue weighted by Crippen LogP contribution is -2.23. The van der Waals surface area contributed by atoms with Crippen molar-refractivity contribution >= 4 is 33.3 Å². The van der Waals surface area contributed by atoms with Crippen LogP contribution in [0.4, 0.5) is 5.82 Å². The highest BCUT2D eigenvalue weighted by atomic mass is 32.1. The molecule has 1 saturated carbocycles. The highest BCUT2D eigenvalue weighted by Gasteiger charge is 2.31. The maximum absolute atomic E-state index is 11.4. The Morgan fingerprint density at radius 3 is 2.87 bits per heavy atom. The Kier molecular flexibility index (Phi) is 3.93. The van der Waals surface area contributed by atoms with Gasteiger partial charge in [0.1, 0.15) is 17.0 Å². The van der Waals surface area contributed by atoms with E-state index in [-0.39, 0.29) is 11.8 Å². The van der Waals surface area contributed by atoms with Gasteiger partial charge in [-0.05, 0) is 37.2 Å². The molecule has 122 valence electrons. The van der Waals surface area contributed by atoms with Crippen molar-refractivity contribution in [3.8, 4) is 0 Å². The van der Waals surface area contributed by atoms with Crippen molar-refractivity contribution in [1.82, 2.24) is 9.97 Å². The number of aromatic nitrogens is 2. The molecule has 5 nitrogen and oxygen atoms in total. The molecule has 4 rings (SSSR count). The third kappa shape index (κ3) is 2.80. The van der Waals surface area contributed by atoms with Gasteiger partial charge in [-0.3, -0.25) is 4.79 Å². The maximum Gasteiger partial charge on any atom is 0.218 e. The molecular weight excluding hydrogens is 308 g/mol. The summed E-state index contributed by atoms with van der Waals surface area (Å²) in [5.41, 5.74) is 6.73. The number of carbonyl (C=O) groups excluding carboxylic acids is 1. The van der Waals surface area contributed by atoms with Gasteiger partial charge in [0.2, 0.25) is 5.91 Å². The summed E-state index contributed by atoms with van der Waals surface area (Å²) in [6.45, 7) is 0. The van der Waals surface area contributed by atoms with Crippen LogP contribution in [0.2, 0.25) is 0 Å². The summed E-state index contributed by atoms with van der Waals surface area (Å²) < 4.78 is 0. The lowest BCUT2D eigenvalue weighted by atomic mass is 9.94. The van der Waals surface area contributed by atoms with Crippen LogP contribution in [0.3, 0.4) is 0 Å². The molecule has 2 heterocycles. The van der Waals surface area contributed by atoms with E-state index in [9.17, 15) is 4.79 Å². The highest BCUT2D eigenvalue weighted by molar-refractivity contribution is 7.19. The Balaban J connectivity index is 1.72. The number of rotatable bonds is 4.